The van der Waals surface area contributed by atoms with E-state index in [1.807, 2.05) is 6.07 Å². The van der Waals surface area contributed by atoms with E-state index >= 15 is 0 Å². The number of hydrogen-bond acceptors (Lipinski definition) is 1. The minimum absolute atomic E-state index is 0.291. The first kappa shape index (κ1) is 10.3. The predicted octanol–water partition coefficient (Wildman–Crippen LogP) is 2.95. The molecule has 13 heavy (non-hydrogen) atoms. The second-order valence-corrected chi connectivity index (χ2v) is 3.41. The van der Waals surface area contributed by atoms with Crippen LogP contribution in [0.25, 0.3) is 0 Å². The molecule has 1 heteroatoms. The van der Waals surface area contributed by atoms with Crippen molar-refractivity contribution >= 4 is 0 Å². The van der Waals surface area contributed by atoms with E-state index in [4.69, 9.17) is 5.11 Å². The minimum Gasteiger partial charge on any atom is -0.396 e. The highest BCUT2D eigenvalue weighted by atomic mass is 16.3. The van der Waals surface area contributed by atoms with Crippen molar-refractivity contribution < 1.29 is 5.11 Å². The fourth-order valence-electron chi connectivity index (χ4n) is 1.71. The molecule has 0 aliphatic carbocycles. The van der Waals surface area contributed by atoms with Crippen molar-refractivity contribution in [1.29, 1.82) is 0 Å². The maximum absolute atomic E-state index is 8.92. The zero-order valence-electron chi connectivity index (χ0n) is 8.24. The van der Waals surface area contributed by atoms with Crippen LogP contribution in [0.4, 0.5) is 0 Å². The quantitative estimate of drug-likeness (QED) is 0.735. The average Bonchev–Trinajstić information content (AvgIpc) is 2.19. The molecule has 1 aromatic rings. The molecule has 0 fully saturated rings. The van der Waals surface area contributed by atoms with Gasteiger partial charge in [0.05, 0.1) is 0 Å². The largest absolute Gasteiger partial charge is 0.396 e. The number of aliphatic hydroxyl groups is 1. The summed E-state index contributed by atoms with van der Waals surface area (Å²) in [6.45, 7) is 2.48. The molecule has 0 spiro atoms. The number of hydrogen-bond donors (Lipinski definition) is 1. The van der Waals surface area contributed by atoms with Crippen LogP contribution in [-0.4, -0.2) is 11.7 Å². The van der Waals surface area contributed by atoms with Gasteiger partial charge in [-0.1, -0.05) is 43.7 Å². The predicted molar refractivity (Wildman–Crippen MR) is 55.8 cm³/mol. The van der Waals surface area contributed by atoms with Crippen LogP contribution >= 0.6 is 0 Å². The van der Waals surface area contributed by atoms with Crippen molar-refractivity contribution in [2.24, 2.45) is 0 Å². The lowest BCUT2D eigenvalue weighted by atomic mass is 9.92. The summed E-state index contributed by atoms with van der Waals surface area (Å²) in [5.41, 5.74) is 1.36. The van der Waals surface area contributed by atoms with Crippen LogP contribution in [-0.2, 0) is 0 Å². The van der Waals surface area contributed by atoms with E-state index in [0.29, 0.717) is 12.5 Å². The molecule has 0 saturated heterocycles. The van der Waals surface area contributed by atoms with E-state index in [-0.39, 0.29) is 0 Å². The first-order chi connectivity index (χ1) is 6.38. The second kappa shape index (κ2) is 5.76. The molecule has 1 rings (SSSR count). The van der Waals surface area contributed by atoms with Crippen LogP contribution in [0, 0.1) is 0 Å². The molecule has 0 heterocycles. The zero-order valence-corrected chi connectivity index (χ0v) is 8.24. The van der Waals surface area contributed by atoms with Gasteiger partial charge in [-0.25, -0.2) is 0 Å². The Bertz CT molecular complexity index is 212. The van der Waals surface area contributed by atoms with Crippen LogP contribution < -0.4 is 0 Å². The van der Waals surface area contributed by atoms with Gasteiger partial charge in [0, 0.05) is 6.61 Å². The third-order valence-corrected chi connectivity index (χ3v) is 2.39. The lowest BCUT2D eigenvalue weighted by Gasteiger charge is -2.14. The monoisotopic (exact) mass is 178 g/mol. The summed E-state index contributed by atoms with van der Waals surface area (Å²) in [4.78, 5) is 0. The molecule has 72 valence electrons. The van der Waals surface area contributed by atoms with Gasteiger partial charge in [0.15, 0.2) is 0 Å². The Labute approximate surface area is 80.4 Å². The number of aliphatic hydroxyl groups excluding tert-OH is 1. The Morgan fingerprint density at radius 1 is 1.15 bits per heavy atom. The Hall–Kier alpha value is -0.820. The van der Waals surface area contributed by atoms with Crippen LogP contribution in [0.15, 0.2) is 30.3 Å². The molecule has 1 aromatic carbocycles. The maximum atomic E-state index is 8.92. The normalized spacial score (nSPS) is 12.8. The first-order valence-corrected chi connectivity index (χ1v) is 5.04. The van der Waals surface area contributed by atoms with Crippen molar-refractivity contribution in [3.8, 4) is 0 Å². The fraction of sp³-hybridized carbons (Fsp3) is 0.500. The van der Waals surface area contributed by atoms with E-state index < -0.39 is 0 Å². The first-order valence-electron chi connectivity index (χ1n) is 5.04. The maximum Gasteiger partial charge on any atom is 0.0436 e. The van der Waals surface area contributed by atoms with Crippen LogP contribution in [0.2, 0.25) is 0 Å². The lowest BCUT2D eigenvalue weighted by molar-refractivity contribution is 0.272. The van der Waals surface area contributed by atoms with Gasteiger partial charge in [-0.2, -0.15) is 0 Å². The fourth-order valence-corrected chi connectivity index (χ4v) is 1.71. The van der Waals surface area contributed by atoms with Gasteiger partial charge in [0.1, 0.15) is 0 Å². The van der Waals surface area contributed by atoms with Crippen LogP contribution in [0.1, 0.15) is 37.7 Å². The molecule has 0 radical (unpaired) electrons. The average molecular weight is 178 g/mol. The standard InChI is InChI=1S/C12H18O/c1-2-6-11(9-10-13)12-7-4-3-5-8-12/h3-5,7-8,11,13H,2,6,9-10H2,1H3/t11-/m1/s1. The van der Waals surface area contributed by atoms with Crippen molar-refractivity contribution in [2.45, 2.75) is 32.1 Å². The van der Waals surface area contributed by atoms with Gasteiger partial charge >= 0.3 is 0 Å². The smallest absolute Gasteiger partial charge is 0.0436 e. The molecule has 1 atom stereocenters. The summed E-state index contributed by atoms with van der Waals surface area (Å²) in [6, 6.07) is 10.5. The molecule has 0 unspecified atom stereocenters. The Morgan fingerprint density at radius 3 is 2.38 bits per heavy atom. The van der Waals surface area contributed by atoms with Crippen molar-refractivity contribution in [2.75, 3.05) is 6.61 Å². The highest BCUT2D eigenvalue weighted by molar-refractivity contribution is 5.19. The van der Waals surface area contributed by atoms with E-state index in [0.717, 1.165) is 6.42 Å². The molecule has 0 saturated carbocycles. The van der Waals surface area contributed by atoms with Gasteiger partial charge < -0.3 is 5.11 Å². The summed E-state index contributed by atoms with van der Waals surface area (Å²) in [5.74, 6) is 0.538. The van der Waals surface area contributed by atoms with Gasteiger partial charge in [-0.15, -0.1) is 0 Å². The van der Waals surface area contributed by atoms with E-state index in [1.165, 1.54) is 18.4 Å². The van der Waals surface area contributed by atoms with Gasteiger partial charge in [0.25, 0.3) is 0 Å². The van der Waals surface area contributed by atoms with Crippen molar-refractivity contribution in [3.05, 3.63) is 35.9 Å². The van der Waals surface area contributed by atoms with E-state index in [2.05, 4.69) is 31.2 Å². The molecule has 1 N–H and O–H groups in total. The third-order valence-electron chi connectivity index (χ3n) is 2.39. The van der Waals surface area contributed by atoms with Gasteiger partial charge in [-0.3, -0.25) is 0 Å². The molecule has 0 aliphatic heterocycles. The summed E-state index contributed by atoms with van der Waals surface area (Å²) in [5, 5.41) is 8.92. The minimum atomic E-state index is 0.291. The molecule has 0 aliphatic rings. The molecule has 0 amide bonds. The zero-order chi connectivity index (χ0) is 9.52. The SMILES string of the molecule is CCC[C@H](CCO)c1ccccc1. The lowest BCUT2D eigenvalue weighted by Crippen LogP contribution is -2.00. The van der Waals surface area contributed by atoms with Crippen LogP contribution in [0.5, 0.6) is 0 Å². The summed E-state index contributed by atoms with van der Waals surface area (Å²) < 4.78 is 0. The van der Waals surface area contributed by atoms with Gasteiger partial charge in [0.2, 0.25) is 0 Å². The highest BCUT2D eigenvalue weighted by Crippen LogP contribution is 2.23. The molecule has 1 nitrogen and oxygen atoms in total. The Balaban J connectivity index is 2.64. The Kier molecular flexibility index (Phi) is 4.55. The van der Waals surface area contributed by atoms with E-state index in [9.17, 15) is 0 Å². The highest BCUT2D eigenvalue weighted by Gasteiger charge is 2.08. The van der Waals surface area contributed by atoms with E-state index in [1.54, 1.807) is 0 Å². The Morgan fingerprint density at radius 2 is 1.85 bits per heavy atom. The molecule has 0 aromatic heterocycles. The topological polar surface area (TPSA) is 20.2 Å². The molecule has 0 bridgehead atoms. The number of benzene rings is 1. The third kappa shape index (κ3) is 3.19. The van der Waals surface area contributed by atoms with Crippen molar-refractivity contribution in [1.82, 2.24) is 0 Å². The summed E-state index contributed by atoms with van der Waals surface area (Å²) >= 11 is 0. The summed E-state index contributed by atoms with van der Waals surface area (Å²) in [7, 11) is 0. The molecular formula is C12H18O. The molecular weight excluding hydrogens is 160 g/mol. The van der Waals surface area contributed by atoms with Crippen molar-refractivity contribution in [3.63, 3.8) is 0 Å². The summed E-state index contributed by atoms with van der Waals surface area (Å²) in [6.07, 6.45) is 3.24. The van der Waals surface area contributed by atoms with Gasteiger partial charge in [-0.05, 0) is 24.3 Å². The van der Waals surface area contributed by atoms with Crippen LogP contribution in [0.3, 0.4) is 0 Å². The second-order valence-electron chi connectivity index (χ2n) is 3.41. The number of rotatable bonds is 5.